The normalized spacial score (nSPS) is 11.3. The monoisotopic (exact) mass is 316 g/mol. The third kappa shape index (κ3) is 4.21. The van der Waals surface area contributed by atoms with Gasteiger partial charge >= 0.3 is 12.2 Å². The van der Waals surface area contributed by atoms with E-state index < -0.39 is 23.6 Å². The van der Waals surface area contributed by atoms with Crippen molar-refractivity contribution in [1.82, 2.24) is 14.9 Å². The predicted octanol–water partition coefficient (Wildman–Crippen LogP) is 2.86. The van der Waals surface area contributed by atoms with Crippen molar-refractivity contribution in [2.45, 2.75) is 12.7 Å². The van der Waals surface area contributed by atoms with E-state index in [1.54, 1.807) is 23.3 Å². The van der Waals surface area contributed by atoms with Crippen LogP contribution in [0.3, 0.4) is 0 Å². The molecule has 2 amide bonds. The van der Waals surface area contributed by atoms with Crippen LogP contribution in [0.5, 0.6) is 0 Å². The van der Waals surface area contributed by atoms with E-state index in [0.717, 1.165) is 6.07 Å². The highest BCUT2D eigenvalue weighted by Gasteiger charge is 2.34. The summed E-state index contributed by atoms with van der Waals surface area (Å²) < 4.78 is 52.5. The minimum atomic E-state index is -4.82. The number of nitrogens with one attached hydrogen (secondary N) is 2. The molecule has 1 aromatic heterocycles. The predicted molar refractivity (Wildman–Crippen MR) is 70.7 cm³/mol. The third-order valence-electron chi connectivity index (χ3n) is 2.74. The number of carbonyl (C=O) groups is 1. The Balaban J connectivity index is 1.91. The second-order valence-electron chi connectivity index (χ2n) is 4.37. The van der Waals surface area contributed by atoms with E-state index >= 15 is 0 Å². The van der Waals surface area contributed by atoms with Crippen LogP contribution in [-0.4, -0.2) is 22.1 Å². The van der Waals surface area contributed by atoms with E-state index in [1.165, 1.54) is 0 Å². The van der Waals surface area contributed by atoms with E-state index in [1.807, 2.05) is 0 Å². The lowest BCUT2D eigenvalue weighted by molar-refractivity contribution is -0.139. The number of nitrogens with zero attached hydrogens (tertiary/aromatic N) is 2. The van der Waals surface area contributed by atoms with Gasteiger partial charge in [-0.1, -0.05) is 0 Å². The SMILES string of the molecule is O=C(NCCn1ccnc1)Nc1ccc(F)c(C(F)(F)F)c1. The van der Waals surface area contributed by atoms with Crippen LogP contribution in [0.2, 0.25) is 0 Å². The minimum Gasteiger partial charge on any atom is -0.336 e. The summed E-state index contributed by atoms with van der Waals surface area (Å²) in [5.74, 6) is -1.39. The highest BCUT2D eigenvalue weighted by atomic mass is 19.4. The summed E-state index contributed by atoms with van der Waals surface area (Å²) in [6.45, 7) is 0.722. The Hall–Kier alpha value is -2.58. The van der Waals surface area contributed by atoms with Gasteiger partial charge in [0.25, 0.3) is 0 Å². The molecule has 22 heavy (non-hydrogen) atoms. The second-order valence-corrected chi connectivity index (χ2v) is 4.37. The van der Waals surface area contributed by atoms with Crippen molar-refractivity contribution in [1.29, 1.82) is 0 Å². The first-order valence-electron chi connectivity index (χ1n) is 6.23. The molecule has 0 fully saturated rings. The Morgan fingerprint density at radius 2 is 2.09 bits per heavy atom. The maximum atomic E-state index is 13.1. The van der Waals surface area contributed by atoms with Crippen LogP contribution in [-0.2, 0) is 12.7 Å². The number of aromatic nitrogens is 2. The fraction of sp³-hybridized carbons (Fsp3) is 0.231. The van der Waals surface area contributed by atoms with E-state index in [2.05, 4.69) is 15.6 Å². The fourth-order valence-corrected chi connectivity index (χ4v) is 1.71. The molecule has 0 bridgehead atoms. The number of hydrogen-bond donors (Lipinski definition) is 2. The highest BCUT2D eigenvalue weighted by Crippen LogP contribution is 2.32. The topological polar surface area (TPSA) is 59.0 Å². The molecule has 0 aliphatic carbocycles. The number of urea groups is 1. The summed E-state index contributed by atoms with van der Waals surface area (Å²) in [6, 6.07) is 1.58. The summed E-state index contributed by atoms with van der Waals surface area (Å²) in [4.78, 5) is 15.4. The molecule has 0 atom stereocenters. The maximum Gasteiger partial charge on any atom is 0.419 e. The van der Waals surface area contributed by atoms with Crippen LogP contribution in [0.1, 0.15) is 5.56 Å². The molecule has 9 heteroatoms. The molecule has 5 nitrogen and oxygen atoms in total. The smallest absolute Gasteiger partial charge is 0.336 e. The van der Waals surface area contributed by atoms with Gasteiger partial charge in [-0.3, -0.25) is 0 Å². The molecule has 0 spiro atoms. The lowest BCUT2D eigenvalue weighted by Crippen LogP contribution is -2.31. The number of alkyl halides is 3. The Bertz CT molecular complexity index is 640. The zero-order chi connectivity index (χ0) is 16.2. The average molecular weight is 316 g/mol. The van der Waals surface area contributed by atoms with Gasteiger partial charge in [0.15, 0.2) is 0 Å². The fourth-order valence-electron chi connectivity index (χ4n) is 1.71. The van der Waals surface area contributed by atoms with Crippen molar-refractivity contribution in [2.24, 2.45) is 0 Å². The van der Waals surface area contributed by atoms with Gasteiger partial charge in [-0.2, -0.15) is 13.2 Å². The molecule has 118 valence electrons. The number of rotatable bonds is 4. The van der Waals surface area contributed by atoms with Gasteiger partial charge in [-0.05, 0) is 18.2 Å². The minimum absolute atomic E-state index is 0.145. The molecule has 0 saturated carbocycles. The Kier molecular flexibility index (Phi) is 4.64. The molecule has 2 rings (SSSR count). The van der Waals surface area contributed by atoms with Crippen molar-refractivity contribution in [3.05, 3.63) is 48.3 Å². The molecule has 1 heterocycles. The zero-order valence-corrected chi connectivity index (χ0v) is 11.2. The standard InChI is InChI=1S/C13H12F4N4O/c14-11-2-1-9(7-10(11)13(15,16)17)20-12(22)19-4-6-21-5-3-18-8-21/h1-3,5,7-8H,4,6H2,(H2,19,20,22). The number of halogens is 4. The summed E-state index contributed by atoms with van der Waals surface area (Å²) in [6.07, 6.45) is 0.0290. The van der Waals surface area contributed by atoms with Crippen LogP contribution < -0.4 is 10.6 Å². The third-order valence-corrected chi connectivity index (χ3v) is 2.74. The first kappa shape index (κ1) is 15.8. The van der Waals surface area contributed by atoms with Gasteiger partial charge in [-0.25, -0.2) is 14.2 Å². The van der Waals surface area contributed by atoms with Crippen LogP contribution >= 0.6 is 0 Å². The van der Waals surface area contributed by atoms with E-state index in [9.17, 15) is 22.4 Å². The second kappa shape index (κ2) is 6.46. The number of amides is 2. The number of benzene rings is 1. The van der Waals surface area contributed by atoms with E-state index in [4.69, 9.17) is 0 Å². The Morgan fingerprint density at radius 3 is 2.73 bits per heavy atom. The van der Waals surface area contributed by atoms with Gasteiger partial charge in [0.2, 0.25) is 0 Å². The maximum absolute atomic E-state index is 13.1. The molecule has 0 aliphatic rings. The number of carbonyl (C=O) groups excluding carboxylic acids is 1. The average Bonchev–Trinajstić information content (AvgIpc) is 2.93. The molecule has 1 aromatic carbocycles. The molecule has 2 N–H and O–H groups in total. The van der Waals surface area contributed by atoms with Gasteiger partial charge in [-0.15, -0.1) is 0 Å². The van der Waals surface area contributed by atoms with Crippen molar-refractivity contribution in [2.75, 3.05) is 11.9 Å². The van der Waals surface area contributed by atoms with Crippen molar-refractivity contribution >= 4 is 11.7 Å². The van der Waals surface area contributed by atoms with Crippen LogP contribution in [0.4, 0.5) is 28.0 Å². The number of anilines is 1. The van der Waals surface area contributed by atoms with Gasteiger partial charge < -0.3 is 15.2 Å². The van der Waals surface area contributed by atoms with Crippen LogP contribution in [0, 0.1) is 5.82 Å². The van der Waals surface area contributed by atoms with E-state index in [-0.39, 0.29) is 12.2 Å². The van der Waals surface area contributed by atoms with Crippen LogP contribution in [0.15, 0.2) is 36.9 Å². The molecular weight excluding hydrogens is 304 g/mol. The lowest BCUT2D eigenvalue weighted by Gasteiger charge is -2.11. The van der Waals surface area contributed by atoms with Gasteiger partial charge in [0, 0.05) is 31.2 Å². The van der Waals surface area contributed by atoms with Gasteiger partial charge in [0.05, 0.1) is 11.9 Å². The van der Waals surface area contributed by atoms with Crippen molar-refractivity contribution in [3.63, 3.8) is 0 Å². The number of imidazole rings is 1. The Labute approximate surface area is 123 Å². The molecule has 0 saturated heterocycles. The van der Waals surface area contributed by atoms with Gasteiger partial charge in [0.1, 0.15) is 5.82 Å². The number of hydrogen-bond acceptors (Lipinski definition) is 2. The van der Waals surface area contributed by atoms with E-state index in [0.29, 0.717) is 18.7 Å². The summed E-state index contributed by atoms with van der Waals surface area (Å²) in [5, 5.41) is 4.69. The van der Waals surface area contributed by atoms with Crippen molar-refractivity contribution < 1.29 is 22.4 Å². The Morgan fingerprint density at radius 1 is 1.32 bits per heavy atom. The molecule has 0 radical (unpaired) electrons. The van der Waals surface area contributed by atoms with Crippen molar-refractivity contribution in [3.8, 4) is 0 Å². The summed E-state index contributed by atoms with van der Waals surface area (Å²) in [5.41, 5.74) is -1.57. The highest BCUT2D eigenvalue weighted by molar-refractivity contribution is 5.89. The first-order valence-corrected chi connectivity index (χ1v) is 6.23. The summed E-state index contributed by atoms with van der Waals surface area (Å²) in [7, 11) is 0. The molecule has 0 unspecified atom stereocenters. The summed E-state index contributed by atoms with van der Waals surface area (Å²) >= 11 is 0. The lowest BCUT2D eigenvalue weighted by atomic mass is 10.2. The largest absolute Gasteiger partial charge is 0.419 e. The molecule has 2 aromatic rings. The van der Waals surface area contributed by atoms with Crippen LogP contribution in [0.25, 0.3) is 0 Å². The first-order chi connectivity index (χ1) is 10.4. The quantitative estimate of drug-likeness (QED) is 0.852. The zero-order valence-electron chi connectivity index (χ0n) is 11.2. The molecular formula is C13H12F4N4O. The molecule has 0 aliphatic heterocycles.